The summed E-state index contributed by atoms with van der Waals surface area (Å²) in [4.78, 5) is 41.8. The van der Waals surface area contributed by atoms with Gasteiger partial charge < -0.3 is 15.7 Å². The Morgan fingerprint density at radius 3 is 2.49 bits per heavy atom. The van der Waals surface area contributed by atoms with Crippen LogP contribution in [0.25, 0.3) is 0 Å². The van der Waals surface area contributed by atoms with E-state index in [2.05, 4.69) is 25.7 Å². The van der Waals surface area contributed by atoms with Gasteiger partial charge in [-0.05, 0) is 56.9 Å². The zero-order valence-corrected chi connectivity index (χ0v) is 22.5. The van der Waals surface area contributed by atoms with Crippen LogP contribution >= 0.6 is 11.3 Å². The molecule has 2 heterocycles. The molecule has 0 radical (unpaired) electrons. The Bertz CT molecular complexity index is 1300. The maximum atomic E-state index is 12.9. The van der Waals surface area contributed by atoms with Crippen LogP contribution in [0.4, 0.5) is 0 Å². The molecule has 0 aliphatic carbocycles. The highest BCUT2D eigenvalue weighted by Crippen LogP contribution is 2.22. The van der Waals surface area contributed by atoms with E-state index in [4.69, 9.17) is 0 Å². The monoisotopic (exact) mass is 549 g/mol. The number of carbonyl (C=O) groups excluding carboxylic acids is 2. The molecule has 1 atom stereocenters. The standard InChI is InChI=1S/C24H31N5O6S2/c1-14-11-15(2)21(16(3)12-14)37(34,35)29-18(23(32)33)13-27-22(31)19-7-5-17(36-19)6-8-20(30)28-24-25-9-4-10-26-24/h5,7,11-12,18,29H,4,6,8-10,13H2,1-3H3,(H,27,31)(H,32,33)(H2,25,26,28,30)/t18-/m0/s1. The first-order valence-electron chi connectivity index (χ1n) is 11.7. The maximum absolute atomic E-state index is 12.9. The molecule has 1 aliphatic rings. The number of hydrogen-bond donors (Lipinski definition) is 5. The molecule has 2 amide bonds. The van der Waals surface area contributed by atoms with Crippen molar-refractivity contribution in [3.05, 3.63) is 50.7 Å². The Balaban J connectivity index is 1.56. The van der Waals surface area contributed by atoms with Crippen molar-refractivity contribution in [3.63, 3.8) is 0 Å². The predicted molar refractivity (Wildman–Crippen MR) is 140 cm³/mol. The van der Waals surface area contributed by atoms with Crippen molar-refractivity contribution >= 4 is 45.1 Å². The molecule has 1 aromatic heterocycles. The van der Waals surface area contributed by atoms with E-state index in [-0.39, 0.29) is 17.2 Å². The molecule has 37 heavy (non-hydrogen) atoms. The molecule has 1 aromatic carbocycles. The molecule has 2 aromatic rings. The van der Waals surface area contributed by atoms with Gasteiger partial charge in [0.1, 0.15) is 6.04 Å². The van der Waals surface area contributed by atoms with E-state index in [1.807, 2.05) is 6.92 Å². The Labute approximate surface area is 219 Å². The molecule has 0 bridgehead atoms. The summed E-state index contributed by atoms with van der Waals surface area (Å²) in [7, 11) is -4.15. The lowest BCUT2D eigenvalue weighted by molar-refractivity contribution is -0.138. The number of carbonyl (C=O) groups is 3. The van der Waals surface area contributed by atoms with Gasteiger partial charge in [0, 0.05) is 30.9 Å². The smallest absolute Gasteiger partial charge is 0.323 e. The van der Waals surface area contributed by atoms with Gasteiger partial charge in [0.25, 0.3) is 5.91 Å². The Kier molecular flexibility index (Phi) is 9.40. The van der Waals surface area contributed by atoms with Crippen molar-refractivity contribution < 1.29 is 27.9 Å². The molecule has 5 N–H and O–H groups in total. The number of carboxylic acids is 1. The number of benzene rings is 1. The summed E-state index contributed by atoms with van der Waals surface area (Å²) < 4.78 is 28.1. The SMILES string of the molecule is Cc1cc(C)c(S(=O)(=O)N[C@@H](CNC(=O)c2ccc(CCC(=O)NC3=NCCCN3)s2)C(=O)O)c(C)c1. The van der Waals surface area contributed by atoms with Gasteiger partial charge in [-0.15, -0.1) is 11.3 Å². The minimum atomic E-state index is -4.15. The lowest BCUT2D eigenvalue weighted by Gasteiger charge is -2.18. The van der Waals surface area contributed by atoms with Gasteiger partial charge in [-0.25, -0.2) is 8.42 Å². The average molecular weight is 550 g/mol. The van der Waals surface area contributed by atoms with Gasteiger partial charge >= 0.3 is 5.97 Å². The number of aliphatic imine (C=N–C) groups is 1. The van der Waals surface area contributed by atoms with Crippen molar-refractivity contribution in [2.45, 2.75) is 51.0 Å². The van der Waals surface area contributed by atoms with Crippen LogP contribution in [0.5, 0.6) is 0 Å². The van der Waals surface area contributed by atoms with Crippen LogP contribution in [-0.4, -0.2) is 62.9 Å². The number of sulfonamides is 1. The Hall–Kier alpha value is -3.29. The molecule has 11 nitrogen and oxygen atoms in total. The first-order chi connectivity index (χ1) is 17.5. The highest BCUT2D eigenvalue weighted by Gasteiger charge is 2.28. The van der Waals surface area contributed by atoms with E-state index in [0.29, 0.717) is 34.9 Å². The Morgan fingerprint density at radius 2 is 1.86 bits per heavy atom. The number of hydrogen-bond acceptors (Lipinski definition) is 8. The van der Waals surface area contributed by atoms with E-state index >= 15 is 0 Å². The fourth-order valence-corrected chi connectivity index (χ4v) is 6.55. The van der Waals surface area contributed by atoms with E-state index in [0.717, 1.165) is 23.4 Å². The van der Waals surface area contributed by atoms with Crippen LogP contribution < -0.4 is 20.7 Å². The molecule has 3 rings (SSSR count). The van der Waals surface area contributed by atoms with Crippen molar-refractivity contribution in [2.75, 3.05) is 19.6 Å². The summed E-state index contributed by atoms with van der Waals surface area (Å²) in [5.41, 5.74) is 1.89. The van der Waals surface area contributed by atoms with Gasteiger partial charge in [0.2, 0.25) is 15.9 Å². The number of amides is 2. The van der Waals surface area contributed by atoms with Gasteiger partial charge in [0.05, 0.1) is 9.77 Å². The fraction of sp³-hybridized carbons (Fsp3) is 0.417. The number of nitrogens with one attached hydrogen (secondary N) is 4. The Morgan fingerprint density at radius 1 is 1.16 bits per heavy atom. The van der Waals surface area contributed by atoms with Crippen molar-refractivity contribution in [3.8, 4) is 0 Å². The molecule has 0 spiro atoms. The van der Waals surface area contributed by atoms with Crippen LogP contribution in [0, 0.1) is 20.8 Å². The zero-order valence-electron chi connectivity index (χ0n) is 20.9. The second-order valence-corrected chi connectivity index (χ2v) is 11.6. The second kappa shape index (κ2) is 12.3. The van der Waals surface area contributed by atoms with Crippen LogP contribution in [0.1, 0.15) is 44.1 Å². The largest absolute Gasteiger partial charge is 0.480 e. The van der Waals surface area contributed by atoms with Gasteiger partial charge in [-0.2, -0.15) is 4.72 Å². The second-order valence-electron chi connectivity index (χ2n) is 8.77. The summed E-state index contributed by atoms with van der Waals surface area (Å²) in [6, 6.07) is 5.16. The number of thiophene rings is 1. The number of carboxylic acid groups (broad SMARTS) is 1. The van der Waals surface area contributed by atoms with Crippen LogP contribution in [0.3, 0.4) is 0 Å². The zero-order chi connectivity index (χ0) is 27.2. The first kappa shape index (κ1) is 28.3. The lowest BCUT2D eigenvalue weighted by Crippen LogP contribution is -2.48. The van der Waals surface area contributed by atoms with E-state index in [1.165, 1.54) is 11.3 Å². The minimum absolute atomic E-state index is 0.0222. The lowest BCUT2D eigenvalue weighted by atomic mass is 10.1. The summed E-state index contributed by atoms with van der Waals surface area (Å²) in [5, 5.41) is 17.8. The molecule has 0 fully saturated rings. The number of guanidine groups is 1. The normalized spacial score (nSPS) is 14.3. The van der Waals surface area contributed by atoms with E-state index in [1.54, 1.807) is 38.1 Å². The highest BCUT2D eigenvalue weighted by molar-refractivity contribution is 7.89. The number of aliphatic carboxylic acids is 1. The average Bonchev–Trinajstić information content (AvgIpc) is 3.29. The summed E-state index contributed by atoms with van der Waals surface area (Å²) in [6.07, 6.45) is 1.55. The van der Waals surface area contributed by atoms with Crippen LogP contribution in [-0.2, 0) is 26.0 Å². The van der Waals surface area contributed by atoms with E-state index < -0.39 is 34.5 Å². The van der Waals surface area contributed by atoms with Crippen LogP contribution in [0.2, 0.25) is 0 Å². The molecule has 13 heteroatoms. The number of aryl methyl sites for hydroxylation is 4. The quantitative estimate of drug-likeness (QED) is 0.297. The molecule has 0 unspecified atom stereocenters. The van der Waals surface area contributed by atoms with Crippen molar-refractivity contribution in [2.24, 2.45) is 4.99 Å². The summed E-state index contributed by atoms with van der Waals surface area (Å²) in [5.74, 6) is -1.67. The van der Waals surface area contributed by atoms with Crippen LogP contribution in [0.15, 0.2) is 34.2 Å². The van der Waals surface area contributed by atoms with Crippen molar-refractivity contribution in [1.82, 2.24) is 20.7 Å². The fourth-order valence-electron chi connectivity index (χ4n) is 3.98. The summed E-state index contributed by atoms with van der Waals surface area (Å²) >= 11 is 1.18. The predicted octanol–water partition coefficient (Wildman–Crippen LogP) is 1.23. The maximum Gasteiger partial charge on any atom is 0.323 e. The molecule has 0 saturated carbocycles. The minimum Gasteiger partial charge on any atom is -0.480 e. The van der Waals surface area contributed by atoms with E-state index in [9.17, 15) is 27.9 Å². The topological polar surface area (TPSA) is 166 Å². The molecule has 0 saturated heterocycles. The highest BCUT2D eigenvalue weighted by atomic mass is 32.2. The third-order valence-corrected chi connectivity index (χ3v) is 8.49. The first-order valence-corrected chi connectivity index (χ1v) is 14.0. The van der Waals surface area contributed by atoms with Gasteiger partial charge in [0.15, 0.2) is 5.96 Å². The molecular formula is C24H31N5O6S2. The molecule has 200 valence electrons. The van der Waals surface area contributed by atoms with Crippen molar-refractivity contribution in [1.29, 1.82) is 0 Å². The third kappa shape index (κ3) is 7.84. The summed E-state index contributed by atoms with van der Waals surface area (Å²) in [6.45, 7) is 6.12. The van der Waals surface area contributed by atoms with Gasteiger partial charge in [-0.3, -0.25) is 24.7 Å². The molecular weight excluding hydrogens is 518 g/mol. The van der Waals surface area contributed by atoms with Gasteiger partial charge in [-0.1, -0.05) is 17.7 Å². The number of nitrogens with zero attached hydrogens (tertiary/aromatic N) is 1. The third-order valence-electron chi connectivity index (χ3n) is 5.57. The molecule has 1 aliphatic heterocycles. The number of rotatable bonds is 10.